The van der Waals surface area contributed by atoms with Gasteiger partial charge in [-0.25, -0.2) is 12.8 Å². The number of rotatable bonds is 3. The summed E-state index contributed by atoms with van der Waals surface area (Å²) in [4.78, 5) is 3.46. The Balaban J connectivity index is 1.56. The Kier molecular flexibility index (Phi) is 4.11. The highest BCUT2D eigenvalue weighted by atomic mass is 32.2. The van der Waals surface area contributed by atoms with E-state index in [1.165, 1.54) is 10.4 Å². The van der Waals surface area contributed by atoms with Crippen LogP contribution in [0.15, 0.2) is 29.3 Å². The average molecular weight is 376 g/mol. The molecule has 1 aliphatic heterocycles. The van der Waals surface area contributed by atoms with Gasteiger partial charge in [-0.3, -0.25) is 5.10 Å². The maximum atomic E-state index is 13.6. The Morgan fingerprint density at radius 3 is 2.62 bits per heavy atom. The number of hydrogen-bond acceptors (Lipinski definition) is 3. The van der Waals surface area contributed by atoms with E-state index in [-0.39, 0.29) is 16.6 Å². The predicted octanol–water partition coefficient (Wildman–Crippen LogP) is 3.22. The second-order valence-electron chi connectivity index (χ2n) is 6.88. The van der Waals surface area contributed by atoms with Gasteiger partial charge < -0.3 is 4.98 Å². The summed E-state index contributed by atoms with van der Waals surface area (Å²) in [6.07, 6.45) is 3.33. The number of benzene rings is 1. The molecule has 0 saturated carbocycles. The van der Waals surface area contributed by atoms with E-state index in [9.17, 15) is 12.8 Å². The van der Waals surface area contributed by atoms with Crippen molar-refractivity contribution < 1.29 is 12.8 Å². The summed E-state index contributed by atoms with van der Waals surface area (Å²) < 4.78 is 41.0. The molecule has 0 aliphatic carbocycles. The van der Waals surface area contributed by atoms with Crippen LogP contribution in [0.1, 0.15) is 35.7 Å². The molecule has 1 aromatic carbocycles. The van der Waals surface area contributed by atoms with Crippen LogP contribution in [0.25, 0.3) is 10.9 Å². The van der Waals surface area contributed by atoms with Crippen molar-refractivity contribution >= 4 is 20.9 Å². The zero-order chi connectivity index (χ0) is 18.5. The lowest BCUT2D eigenvalue weighted by molar-refractivity contribution is 0.320. The second-order valence-corrected chi connectivity index (χ2v) is 8.75. The summed E-state index contributed by atoms with van der Waals surface area (Å²) in [6.45, 7) is 4.31. The van der Waals surface area contributed by atoms with E-state index >= 15 is 0 Å². The first-order chi connectivity index (χ1) is 12.4. The summed E-state index contributed by atoms with van der Waals surface area (Å²) in [5.41, 5.74) is 3.03. The Labute approximate surface area is 151 Å². The van der Waals surface area contributed by atoms with Crippen LogP contribution in [0.2, 0.25) is 0 Å². The quantitative estimate of drug-likeness (QED) is 0.736. The maximum Gasteiger partial charge on any atom is 0.246 e. The number of fused-ring (bicyclic) bond motifs is 1. The molecule has 1 saturated heterocycles. The molecular weight excluding hydrogens is 355 g/mol. The molecule has 0 atom stereocenters. The summed E-state index contributed by atoms with van der Waals surface area (Å²) in [6, 6.07) is 4.72. The van der Waals surface area contributed by atoms with Crippen LogP contribution in [0.5, 0.6) is 0 Å². The Bertz CT molecular complexity index is 1040. The molecule has 0 bridgehead atoms. The van der Waals surface area contributed by atoms with Gasteiger partial charge in [0.1, 0.15) is 10.7 Å². The number of nitrogens with zero attached hydrogens (tertiary/aromatic N) is 2. The lowest BCUT2D eigenvalue weighted by atomic mass is 9.90. The van der Waals surface area contributed by atoms with E-state index in [0.29, 0.717) is 37.3 Å². The molecular formula is C18H21FN4O2S. The van der Waals surface area contributed by atoms with E-state index in [2.05, 4.69) is 15.2 Å². The fourth-order valence-corrected chi connectivity index (χ4v) is 5.71. The van der Waals surface area contributed by atoms with Crippen molar-refractivity contribution in [2.45, 2.75) is 37.5 Å². The minimum atomic E-state index is -3.55. The molecule has 3 heterocycles. The first kappa shape index (κ1) is 17.2. The molecule has 6 nitrogen and oxygen atoms in total. The zero-order valence-electron chi connectivity index (χ0n) is 14.7. The largest absolute Gasteiger partial charge is 0.361 e. The Morgan fingerprint density at radius 2 is 1.96 bits per heavy atom. The maximum absolute atomic E-state index is 13.6. The SMILES string of the molecule is Cc1n[nH]c(C)c1S(=O)(=O)N1CCC(c2c[nH]c3ccc(F)cc23)CC1. The average Bonchev–Trinajstić information content (AvgIpc) is 3.18. The van der Waals surface area contributed by atoms with Crippen LogP contribution in [0.3, 0.4) is 0 Å². The van der Waals surface area contributed by atoms with E-state index in [1.54, 1.807) is 26.0 Å². The van der Waals surface area contributed by atoms with E-state index < -0.39 is 10.0 Å². The van der Waals surface area contributed by atoms with Gasteiger partial charge in [0, 0.05) is 30.2 Å². The second kappa shape index (κ2) is 6.21. The molecule has 138 valence electrons. The van der Waals surface area contributed by atoms with Crippen LogP contribution in [-0.2, 0) is 10.0 Å². The van der Waals surface area contributed by atoms with Gasteiger partial charge in [-0.15, -0.1) is 0 Å². The molecule has 8 heteroatoms. The van der Waals surface area contributed by atoms with Crippen molar-refractivity contribution in [1.29, 1.82) is 0 Å². The molecule has 1 fully saturated rings. The summed E-state index contributed by atoms with van der Waals surface area (Å²) in [5.74, 6) is -0.0483. The molecule has 4 rings (SSSR count). The van der Waals surface area contributed by atoms with Crippen molar-refractivity contribution in [3.63, 3.8) is 0 Å². The van der Waals surface area contributed by atoms with E-state index in [0.717, 1.165) is 16.5 Å². The first-order valence-corrected chi connectivity index (χ1v) is 10.1. The zero-order valence-corrected chi connectivity index (χ0v) is 15.5. The van der Waals surface area contributed by atoms with Gasteiger partial charge in [0.05, 0.1) is 11.4 Å². The highest BCUT2D eigenvalue weighted by molar-refractivity contribution is 7.89. The van der Waals surface area contributed by atoms with E-state index in [1.807, 2.05) is 6.20 Å². The highest BCUT2D eigenvalue weighted by Gasteiger charge is 2.33. The van der Waals surface area contributed by atoms with Gasteiger partial charge in [0.25, 0.3) is 0 Å². The number of piperidine rings is 1. The number of sulfonamides is 1. The summed E-state index contributed by atoms with van der Waals surface area (Å²) >= 11 is 0. The molecule has 2 N–H and O–H groups in total. The minimum absolute atomic E-state index is 0.212. The number of aromatic amines is 2. The lowest BCUT2D eigenvalue weighted by Crippen LogP contribution is -2.38. The highest BCUT2D eigenvalue weighted by Crippen LogP contribution is 2.35. The first-order valence-electron chi connectivity index (χ1n) is 8.66. The normalized spacial score (nSPS) is 17.2. The van der Waals surface area contributed by atoms with E-state index in [4.69, 9.17) is 0 Å². The molecule has 0 amide bonds. The van der Waals surface area contributed by atoms with Crippen molar-refractivity contribution in [1.82, 2.24) is 19.5 Å². The third kappa shape index (κ3) is 2.73. The van der Waals surface area contributed by atoms with Crippen LogP contribution < -0.4 is 0 Å². The van der Waals surface area contributed by atoms with Crippen LogP contribution in [-0.4, -0.2) is 41.0 Å². The number of nitrogens with one attached hydrogen (secondary N) is 2. The fraction of sp³-hybridized carbons (Fsp3) is 0.389. The molecule has 0 unspecified atom stereocenters. The molecule has 3 aromatic rings. The smallest absolute Gasteiger partial charge is 0.246 e. The topological polar surface area (TPSA) is 81.8 Å². The lowest BCUT2D eigenvalue weighted by Gasteiger charge is -2.31. The van der Waals surface area contributed by atoms with Crippen molar-refractivity contribution in [2.75, 3.05) is 13.1 Å². The van der Waals surface area contributed by atoms with Gasteiger partial charge >= 0.3 is 0 Å². The van der Waals surface area contributed by atoms with Gasteiger partial charge in [0.2, 0.25) is 10.0 Å². The van der Waals surface area contributed by atoms with Crippen LogP contribution >= 0.6 is 0 Å². The number of halogens is 1. The van der Waals surface area contributed by atoms with Crippen molar-refractivity contribution in [3.8, 4) is 0 Å². The predicted molar refractivity (Wildman–Crippen MR) is 97.1 cm³/mol. The minimum Gasteiger partial charge on any atom is -0.361 e. The third-order valence-electron chi connectivity index (χ3n) is 5.23. The standard InChI is InChI=1S/C18H21FN4O2S/c1-11-18(12(2)22-21-11)26(24,25)23-7-5-13(6-8-23)16-10-20-17-4-3-14(19)9-15(16)17/h3-4,9-10,13,20H,5-8H2,1-2H3,(H,21,22). The number of aromatic nitrogens is 3. The number of hydrogen-bond donors (Lipinski definition) is 2. The van der Waals surface area contributed by atoms with Gasteiger partial charge in [-0.1, -0.05) is 0 Å². The Morgan fingerprint density at radius 1 is 1.23 bits per heavy atom. The molecule has 26 heavy (non-hydrogen) atoms. The summed E-state index contributed by atoms with van der Waals surface area (Å²) in [5, 5.41) is 7.63. The van der Waals surface area contributed by atoms with Gasteiger partial charge in [-0.2, -0.15) is 9.40 Å². The Hall–Kier alpha value is -2.19. The van der Waals surface area contributed by atoms with Gasteiger partial charge in [-0.05, 0) is 56.4 Å². The molecule has 0 radical (unpaired) electrons. The van der Waals surface area contributed by atoms with Crippen molar-refractivity contribution in [2.24, 2.45) is 0 Å². The van der Waals surface area contributed by atoms with Crippen LogP contribution in [0.4, 0.5) is 4.39 Å². The fourth-order valence-electron chi connectivity index (χ4n) is 3.91. The number of aryl methyl sites for hydroxylation is 2. The monoisotopic (exact) mass is 376 g/mol. The molecule has 2 aromatic heterocycles. The summed E-state index contributed by atoms with van der Waals surface area (Å²) in [7, 11) is -3.55. The molecule has 0 spiro atoms. The third-order valence-corrected chi connectivity index (χ3v) is 7.39. The van der Waals surface area contributed by atoms with Crippen molar-refractivity contribution in [3.05, 3.63) is 47.2 Å². The number of H-pyrrole nitrogens is 2. The van der Waals surface area contributed by atoms with Crippen LogP contribution in [0, 0.1) is 19.7 Å². The molecule has 1 aliphatic rings. The van der Waals surface area contributed by atoms with Gasteiger partial charge in [0.15, 0.2) is 0 Å².